The van der Waals surface area contributed by atoms with Gasteiger partial charge >= 0.3 is 0 Å². The van der Waals surface area contributed by atoms with E-state index in [1.54, 1.807) is 0 Å². The minimum absolute atomic E-state index is 0.268. The highest BCUT2D eigenvalue weighted by Crippen LogP contribution is 2.36. The molecule has 0 aliphatic carbocycles. The Morgan fingerprint density at radius 1 is 1.27 bits per heavy atom. The second-order valence-electron chi connectivity index (χ2n) is 4.63. The quantitative estimate of drug-likeness (QED) is 0.729. The fourth-order valence-electron chi connectivity index (χ4n) is 1.86. The van der Waals surface area contributed by atoms with E-state index in [-0.39, 0.29) is 11.3 Å². The fraction of sp³-hybridized carbons (Fsp3) is 0.500. The number of carbonyl (C=O) groups is 1. The highest BCUT2D eigenvalue weighted by molar-refractivity contribution is 5.84. The number of Topliss-reactive ketones (excluding diaryl/α,β-unsaturated/α-hetero) is 1. The van der Waals surface area contributed by atoms with Crippen LogP contribution in [-0.4, -0.2) is 5.78 Å². The summed E-state index contributed by atoms with van der Waals surface area (Å²) in [6.45, 7) is 8.14. The lowest BCUT2D eigenvalue weighted by Crippen LogP contribution is -2.29. The molecule has 1 aromatic carbocycles. The van der Waals surface area contributed by atoms with Crippen molar-refractivity contribution in [1.29, 1.82) is 0 Å². The van der Waals surface area contributed by atoms with E-state index in [1.165, 1.54) is 5.56 Å². The van der Waals surface area contributed by atoms with Gasteiger partial charge in [0.25, 0.3) is 0 Å². The zero-order valence-electron chi connectivity index (χ0n) is 10.1. The Morgan fingerprint density at radius 2 is 1.80 bits per heavy atom. The SMILES string of the molecule is CCC(=O)C(C)(C)[C@H](C)c1ccccc1. The molecule has 15 heavy (non-hydrogen) atoms. The van der Waals surface area contributed by atoms with Crippen LogP contribution in [0.25, 0.3) is 0 Å². The van der Waals surface area contributed by atoms with Crippen LogP contribution in [0.5, 0.6) is 0 Å². The third-order valence-electron chi connectivity index (χ3n) is 3.42. The molecular weight excluding hydrogens is 184 g/mol. The largest absolute Gasteiger partial charge is 0.299 e. The summed E-state index contributed by atoms with van der Waals surface area (Å²) in [4.78, 5) is 11.8. The predicted molar refractivity (Wildman–Crippen MR) is 63.9 cm³/mol. The van der Waals surface area contributed by atoms with Gasteiger partial charge in [-0.25, -0.2) is 0 Å². The third-order valence-corrected chi connectivity index (χ3v) is 3.42. The number of hydrogen-bond donors (Lipinski definition) is 0. The first kappa shape index (κ1) is 12.0. The maximum Gasteiger partial charge on any atom is 0.138 e. The molecule has 0 amide bonds. The first-order chi connectivity index (χ1) is 7.00. The van der Waals surface area contributed by atoms with Crippen LogP contribution in [0.1, 0.15) is 45.6 Å². The van der Waals surface area contributed by atoms with Gasteiger partial charge in [-0.2, -0.15) is 0 Å². The summed E-state index contributed by atoms with van der Waals surface area (Å²) in [5, 5.41) is 0. The van der Waals surface area contributed by atoms with Crippen molar-refractivity contribution in [3.63, 3.8) is 0 Å². The van der Waals surface area contributed by atoms with E-state index in [9.17, 15) is 4.79 Å². The number of benzene rings is 1. The zero-order valence-corrected chi connectivity index (χ0v) is 10.1. The molecule has 1 heteroatoms. The summed E-state index contributed by atoms with van der Waals surface area (Å²) in [5.74, 6) is 0.602. The molecule has 0 fully saturated rings. The molecule has 0 saturated carbocycles. The van der Waals surface area contributed by atoms with Crippen LogP contribution in [0.3, 0.4) is 0 Å². The lowest BCUT2D eigenvalue weighted by Gasteiger charge is -2.30. The molecule has 1 rings (SSSR count). The summed E-state index contributed by atoms with van der Waals surface area (Å²) in [6.07, 6.45) is 0.615. The Hall–Kier alpha value is -1.11. The van der Waals surface area contributed by atoms with E-state index in [0.717, 1.165) is 0 Å². The molecule has 0 N–H and O–H groups in total. The number of hydrogen-bond acceptors (Lipinski definition) is 1. The molecule has 0 bridgehead atoms. The van der Waals surface area contributed by atoms with Crippen LogP contribution in [0, 0.1) is 5.41 Å². The van der Waals surface area contributed by atoms with E-state index < -0.39 is 0 Å². The number of ketones is 1. The van der Waals surface area contributed by atoms with Crippen molar-refractivity contribution in [3.8, 4) is 0 Å². The van der Waals surface area contributed by atoms with Crippen LogP contribution in [-0.2, 0) is 4.79 Å². The summed E-state index contributed by atoms with van der Waals surface area (Å²) in [7, 11) is 0. The molecule has 1 nitrogen and oxygen atoms in total. The molecule has 0 heterocycles. The normalized spacial score (nSPS) is 13.6. The second kappa shape index (κ2) is 4.61. The predicted octanol–water partition coefficient (Wildman–Crippen LogP) is 3.80. The number of carbonyl (C=O) groups excluding carboxylic acids is 1. The van der Waals surface area contributed by atoms with E-state index in [1.807, 2.05) is 39.0 Å². The molecule has 0 saturated heterocycles. The van der Waals surface area contributed by atoms with Crippen molar-refractivity contribution in [2.24, 2.45) is 5.41 Å². The van der Waals surface area contributed by atoms with Crippen molar-refractivity contribution in [2.75, 3.05) is 0 Å². The summed E-state index contributed by atoms with van der Waals surface area (Å²) >= 11 is 0. The summed E-state index contributed by atoms with van der Waals surface area (Å²) < 4.78 is 0. The summed E-state index contributed by atoms with van der Waals surface area (Å²) in [5.41, 5.74) is 0.972. The Labute approximate surface area is 92.5 Å². The minimum Gasteiger partial charge on any atom is -0.299 e. The van der Waals surface area contributed by atoms with E-state index in [0.29, 0.717) is 12.2 Å². The minimum atomic E-state index is -0.268. The molecule has 82 valence electrons. The third kappa shape index (κ3) is 2.47. The maximum atomic E-state index is 11.8. The molecule has 1 aromatic rings. The van der Waals surface area contributed by atoms with Crippen molar-refractivity contribution in [2.45, 2.75) is 40.0 Å². The average Bonchev–Trinajstić information content (AvgIpc) is 2.28. The van der Waals surface area contributed by atoms with Gasteiger partial charge < -0.3 is 0 Å². The van der Waals surface area contributed by atoms with Gasteiger partial charge in [0, 0.05) is 11.8 Å². The van der Waals surface area contributed by atoms with Gasteiger partial charge in [0.15, 0.2) is 0 Å². The molecule has 0 spiro atoms. The average molecular weight is 204 g/mol. The molecule has 0 aromatic heterocycles. The van der Waals surface area contributed by atoms with Crippen LogP contribution < -0.4 is 0 Å². The van der Waals surface area contributed by atoms with Crippen molar-refractivity contribution >= 4 is 5.78 Å². The van der Waals surface area contributed by atoms with Crippen molar-refractivity contribution in [1.82, 2.24) is 0 Å². The van der Waals surface area contributed by atoms with Gasteiger partial charge in [-0.15, -0.1) is 0 Å². The molecule has 0 unspecified atom stereocenters. The van der Waals surface area contributed by atoms with Crippen LogP contribution in [0.2, 0.25) is 0 Å². The summed E-state index contributed by atoms with van der Waals surface area (Å²) in [6, 6.07) is 10.2. The lowest BCUT2D eigenvalue weighted by molar-refractivity contribution is -0.127. The van der Waals surface area contributed by atoms with Gasteiger partial charge in [-0.05, 0) is 11.5 Å². The van der Waals surface area contributed by atoms with E-state index in [4.69, 9.17) is 0 Å². The molecular formula is C14H20O. The second-order valence-corrected chi connectivity index (χ2v) is 4.63. The molecule has 0 radical (unpaired) electrons. The highest BCUT2D eigenvalue weighted by Gasteiger charge is 2.32. The van der Waals surface area contributed by atoms with Crippen LogP contribution in [0.4, 0.5) is 0 Å². The van der Waals surface area contributed by atoms with Gasteiger partial charge in [0.05, 0.1) is 0 Å². The standard InChI is InChI=1S/C14H20O/c1-5-13(15)14(3,4)11(2)12-9-7-6-8-10-12/h6-11H,5H2,1-4H3/t11-/m1/s1. The first-order valence-electron chi connectivity index (χ1n) is 5.58. The molecule has 0 aliphatic heterocycles. The smallest absolute Gasteiger partial charge is 0.138 e. The van der Waals surface area contributed by atoms with Crippen molar-refractivity contribution < 1.29 is 4.79 Å². The number of rotatable bonds is 4. The topological polar surface area (TPSA) is 17.1 Å². The van der Waals surface area contributed by atoms with E-state index in [2.05, 4.69) is 19.1 Å². The Kier molecular flexibility index (Phi) is 3.67. The van der Waals surface area contributed by atoms with Gasteiger partial charge in [-0.1, -0.05) is 58.0 Å². The van der Waals surface area contributed by atoms with Gasteiger partial charge in [0.1, 0.15) is 5.78 Å². The molecule has 0 aliphatic rings. The van der Waals surface area contributed by atoms with Crippen LogP contribution >= 0.6 is 0 Å². The van der Waals surface area contributed by atoms with E-state index >= 15 is 0 Å². The van der Waals surface area contributed by atoms with Crippen LogP contribution in [0.15, 0.2) is 30.3 Å². The van der Waals surface area contributed by atoms with Crippen molar-refractivity contribution in [3.05, 3.63) is 35.9 Å². The monoisotopic (exact) mass is 204 g/mol. The van der Waals surface area contributed by atoms with Gasteiger partial charge in [0.2, 0.25) is 0 Å². The van der Waals surface area contributed by atoms with Gasteiger partial charge in [-0.3, -0.25) is 4.79 Å². The Bertz CT molecular complexity index is 324. The maximum absolute atomic E-state index is 11.8. The Balaban J connectivity index is 2.94. The lowest BCUT2D eigenvalue weighted by atomic mass is 9.72. The highest BCUT2D eigenvalue weighted by atomic mass is 16.1. The Morgan fingerprint density at radius 3 is 2.27 bits per heavy atom. The first-order valence-corrected chi connectivity index (χ1v) is 5.58. The zero-order chi connectivity index (χ0) is 11.5. The fourth-order valence-corrected chi connectivity index (χ4v) is 1.86. The molecule has 1 atom stereocenters.